The summed E-state index contributed by atoms with van der Waals surface area (Å²) in [6.45, 7) is 5.07. The third-order valence-corrected chi connectivity index (χ3v) is 13.5. The van der Waals surface area contributed by atoms with E-state index in [1.807, 2.05) is 60.7 Å². The van der Waals surface area contributed by atoms with Crippen molar-refractivity contribution in [3.8, 4) is 28.5 Å². The molecule has 0 spiro atoms. The van der Waals surface area contributed by atoms with Crippen LogP contribution in [0.3, 0.4) is 0 Å². The highest BCUT2D eigenvalue weighted by Gasteiger charge is 2.25. The van der Waals surface area contributed by atoms with Crippen LogP contribution in [0.5, 0.6) is 0 Å². The number of fused-ring (bicyclic) bond motifs is 12. The second-order valence-corrected chi connectivity index (χ2v) is 17.7. The van der Waals surface area contributed by atoms with Gasteiger partial charge in [0.1, 0.15) is 11.2 Å². The van der Waals surface area contributed by atoms with Crippen molar-refractivity contribution in [3.63, 3.8) is 0 Å². The molecular weight excluding hydrogens is 831 g/mol. The summed E-state index contributed by atoms with van der Waals surface area (Å²) in [4.78, 5) is 15.0. The van der Waals surface area contributed by atoms with E-state index >= 15 is 0 Å². The van der Waals surface area contributed by atoms with Crippen molar-refractivity contribution < 1.29 is 4.42 Å². The monoisotopic (exact) mass is 873 g/mol. The first-order chi connectivity index (χ1) is 33.6. The number of para-hydroxylation sites is 2. The normalized spacial score (nSPS) is 12.5. The number of hydrogen-bond donors (Lipinski definition) is 0. The molecule has 0 saturated carbocycles. The molecule has 68 heavy (non-hydrogen) atoms. The Bertz CT molecular complexity index is 4120. The molecule has 0 aliphatic heterocycles. The minimum Gasteiger partial charge on any atom is -0.455 e. The topological polar surface area (TPSA) is 61.7 Å². The van der Waals surface area contributed by atoms with Gasteiger partial charge in [-0.25, -0.2) is 15.0 Å². The molecule has 6 heteroatoms. The molecule has 4 aromatic heterocycles. The highest BCUT2D eigenvalue weighted by Crippen LogP contribution is 2.46. The van der Waals surface area contributed by atoms with Crippen molar-refractivity contribution in [1.29, 1.82) is 0 Å². The lowest BCUT2D eigenvalue weighted by Gasteiger charge is -2.14. The Balaban J connectivity index is 1.07. The van der Waals surface area contributed by atoms with Gasteiger partial charge in [-0.3, -0.25) is 0 Å². The second-order valence-electron chi connectivity index (χ2n) is 17.7. The first kappa shape index (κ1) is 39.5. The van der Waals surface area contributed by atoms with Crippen LogP contribution in [0.4, 0.5) is 0 Å². The lowest BCUT2D eigenvalue weighted by molar-refractivity contribution is 0.673. The summed E-state index contributed by atoms with van der Waals surface area (Å²) >= 11 is 0. The molecule has 322 valence electrons. The molecule has 13 rings (SSSR count). The zero-order chi connectivity index (χ0) is 45.3. The molecule has 0 saturated heterocycles. The van der Waals surface area contributed by atoms with E-state index in [-0.39, 0.29) is 0 Å². The molecule has 0 atom stereocenters. The van der Waals surface area contributed by atoms with Crippen molar-refractivity contribution >= 4 is 87.5 Å². The van der Waals surface area contributed by atoms with Gasteiger partial charge in [0.25, 0.3) is 0 Å². The summed E-state index contributed by atoms with van der Waals surface area (Å²) in [6.07, 6.45) is 4.36. The molecule has 0 fully saturated rings. The fourth-order valence-electron chi connectivity index (χ4n) is 10.2. The van der Waals surface area contributed by atoms with Crippen molar-refractivity contribution in [2.45, 2.75) is 20.4 Å². The Morgan fingerprint density at radius 2 is 1.10 bits per heavy atom. The smallest absolute Gasteiger partial charge is 0.164 e. The highest BCUT2D eigenvalue weighted by atomic mass is 16.3. The van der Waals surface area contributed by atoms with Gasteiger partial charge < -0.3 is 13.6 Å². The first-order valence-corrected chi connectivity index (χ1v) is 23.1. The fraction of sp³-hybridized carbons (Fsp3) is 0.0484. The maximum absolute atomic E-state index is 6.94. The standard InChI is InChI=1S/C62H43N5O/c1-39(30-31-40(2)60-63-61(43-21-8-4-9-22-43)65-62(64-60)44-23-10-5-11-24-44)50-37-52-48-27-15-17-29-55(48)68-59(52)56-49-34-32-42-20-12-13-25-46(42)57(49)67(58(50)56)45-33-35-54-51(36-45)47-26-14-16-28-53(47)66(54)38-41-18-6-3-7-19-41/h3-37H,38H2,1-2H3/b39-30+,40-31+. The second kappa shape index (κ2) is 15.9. The van der Waals surface area contributed by atoms with Crippen LogP contribution < -0.4 is 0 Å². The third kappa shape index (κ3) is 6.44. The summed E-state index contributed by atoms with van der Waals surface area (Å²) in [5, 5.41) is 9.20. The molecular formula is C62H43N5O. The quantitative estimate of drug-likeness (QED) is 0.143. The van der Waals surface area contributed by atoms with E-state index in [9.17, 15) is 0 Å². The fourth-order valence-corrected chi connectivity index (χ4v) is 10.2. The Labute approximate surface area is 392 Å². The number of rotatable bonds is 8. The number of furan rings is 1. The summed E-state index contributed by atoms with van der Waals surface area (Å²) in [5.74, 6) is 1.90. The molecule has 0 aliphatic carbocycles. The van der Waals surface area contributed by atoms with Crippen molar-refractivity contribution in [2.75, 3.05) is 0 Å². The van der Waals surface area contributed by atoms with Crippen molar-refractivity contribution in [1.82, 2.24) is 24.1 Å². The largest absolute Gasteiger partial charge is 0.455 e. The van der Waals surface area contributed by atoms with Gasteiger partial charge in [-0.1, -0.05) is 176 Å². The number of nitrogens with zero attached hydrogens (tertiary/aromatic N) is 5. The minimum absolute atomic E-state index is 0.628. The lowest BCUT2D eigenvalue weighted by Crippen LogP contribution is -2.01. The Morgan fingerprint density at radius 1 is 0.485 bits per heavy atom. The van der Waals surface area contributed by atoms with Crippen LogP contribution in [-0.4, -0.2) is 24.1 Å². The van der Waals surface area contributed by atoms with Gasteiger partial charge in [-0.2, -0.15) is 0 Å². The van der Waals surface area contributed by atoms with Gasteiger partial charge in [-0.05, 0) is 72.3 Å². The van der Waals surface area contributed by atoms with Crippen molar-refractivity contribution in [3.05, 3.63) is 229 Å². The molecule has 4 heterocycles. The van der Waals surface area contributed by atoms with Crippen LogP contribution >= 0.6 is 0 Å². The molecule has 0 aliphatic rings. The van der Waals surface area contributed by atoms with Crippen LogP contribution in [0.2, 0.25) is 0 Å². The molecule has 0 amide bonds. The van der Waals surface area contributed by atoms with Gasteiger partial charge in [0, 0.05) is 72.3 Å². The molecule has 6 nitrogen and oxygen atoms in total. The average Bonchev–Trinajstić information content (AvgIpc) is 4.06. The highest BCUT2D eigenvalue weighted by molar-refractivity contribution is 6.29. The van der Waals surface area contributed by atoms with Crippen LogP contribution in [-0.2, 0) is 6.54 Å². The third-order valence-electron chi connectivity index (χ3n) is 13.5. The maximum atomic E-state index is 6.94. The van der Waals surface area contributed by atoms with Crippen LogP contribution in [0.1, 0.15) is 30.8 Å². The van der Waals surface area contributed by atoms with Crippen LogP contribution in [0.15, 0.2) is 217 Å². The number of allylic oxidation sites excluding steroid dienone is 4. The zero-order valence-electron chi connectivity index (χ0n) is 37.6. The summed E-state index contributed by atoms with van der Waals surface area (Å²) in [5.41, 5.74) is 13.8. The number of aromatic nitrogens is 5. The van der Waals surface area contributed by atoms with E-state index in [2.05, 4.69) is 175 Å². The van der Waals surface area contributed by atoms with Gasteiger partial charge in [-0.15, -0.1) is 0 Å². The molecule has 13 aromatic rings. The summed E-state index contributed by atoms with van der Waals surface area (Å²) in [7, 11) is 0. The molecule has 0 N–H and O–H groups in total. The molecule has 0 bridgehead atoms. The number of hydrogen-bond acceptors (Lipinski definition) is 4. The van der Waals surface area contributed by atoms with E-state index in [0.717, 1.165) is 83.8 Å². The van der Waals surface area contributed by atoms with Crippen LogP contribution in [0.25, 0.3) is 116 Å². The Kier molecular flexibility index (Phi) is 9.25. The predicted octanol–water partition coefficient (Wildman–Crippen LogP) is 16.0. The van der Waals surface area contributed by atoms with Gasteiger partial charge in [0.05, 0.1) is 16.4 Å². The summed E-state index contributed by atoms with van der Waals surface area (Å²) < 4.78 is 11.9. The minimum atomic E-state index is 0.628. The molecule has 9 aromatic carbocycles. The maximum Gasteiger partial charge on any atom is 0.164 e. The zero-order valence-corrected chi connectivity index (χ0v) is 37.6. The lowest BCUT2D eigenvalue weighted by atomic mass is 9.98. The first-order valence-electron chi connectivity index (χ1n) is 23.1. The van der Waals surface area contributed by atoms with Gasteiger partial charge in [0.2, 0.25) is 0 Å². The van der Waals surface area contributed by atoms with E-state index in [0.29, 0.717) is 17.5 Å². The van der Waals surface area contributed by atoms with Crippen LogP contribution in [0, 0.1) is 0 Å². The number of benzene rings is 9. The average molecular weight is 874 g/mol. The summed E-state index contributed by atoms with van der Waals surface area (Å²) in [6, 6.07) is 70.8. The molecule has 0 radical (unpaired) electrons. The SMILES string of the molecule is C/C(=C\C=C(/C)c1cc2c3ccccc3oc2c2c3ccc4ccccc4c3n(-c3ccc4c(c3)c3ccccc3n4Cc3ccccc3)c12)c1nc(-c2ccccc2)nc(-c2ccccc2)n1. The van der Waals surface area contributed by atoms with Crippen molar-refractivity contribution in [2.24, 2.45) is 0 Å². The predicted molar refractivity (Wildman–Crippen MR) is 282 cm³/mol. The Hall–Kier alpha value is -8.87. The van der Waals surface area contributed by atoms with Gasteiger partial charge in [0.15, 0.2) is 17.5 Å². The van der Waals surface area contributed by atoms with Gasteiger partial charge >= 0.3 is 0 Å². The molecule has 0 unspecified atom stereocenters. The van der Waals surface area contributed by atoms with E-state index in [4.69, 9.17) is 19.4 Å². The van der Waals surface area contributed by atoms with E-state index in [1.165, 1.54) is 38.1 Å². The Morgan fingerprint density at radius 3 is 1.85 bits per heavy atom. The van der Waals surface area contributed by atoms with E-state index in [1.54, 1.807) is 0 Å². The van der Waals surface area contributed by atoms with E-state index < -0.39 is 0 Å².